The van der Waals surface area contributed by atoms with Crippen LogP contribution in [0.3, 0.4) is 0 Å². The van der Waals surface area contributed by atoms with Crippen LogP contribution in [0.25, 0.3) is 0 Å². The van der Waals surface area contributed by atoms with E-state index in [9.17, 15) is 15.2 Å². The molecule has 2 atom stereocenters. The summed E-state index contributed by atoms with van der Waals surface area (Å²) in [7, 11) is -2.03. The molecule has 0 saturated carbocycles. The van der Waals surface area contributed by atoms with E-state index in [1.54, 1.807) is 54.9 Å². The third-order valence-electron chi connectivity index (χ3n) is 6.59. The predicted octanol–water partition coefficient (Wildman–Crippen LogP) is 4.36. The summed E-state index contributed by atoms with van der Waals surface area (Å²) in [5.74, 6) is 0.564. The van der Waals surface area contributed by atoms with Gasteiger partial charge in [-0.1, -0.05) is 20.8 Å². The summed E-state index contributed by atoms with van der Waals surface area (Å²) in [6, 6.07) is 10.1. The van der Waals surface area contributed by atoms with E-state index in [0.29, 0.717) is 22.4 Å². The lowest BCUT2D eigenvalue weighted by Crippen LogP contribution is -2.52. The van der Waals surface area contributed by atoms with E-state index in [4.69, 9.17) is 9.16 Å². The lowest BCUT2D eigenvalue weighted by Gasteiger charge is -2.42. The topological polar surface area (TPSA) is 84.5 Å². The Bertz CT molecular complexity index is 1080. The van der Waals surface area contributed by atoms with Gasteiger partial charge in [-0.25, -0.2) is 0 Å². The highest BCUT2D eigenvalue weighted by atomic mass is 28.4. The Balaban J connectivity index is 2.06. The number of nitrogens with zero attached hydrogens (tertiary/aromatic N) is 2. The van der Waals surface area contributed by atoms with Crippen LogP contribution < -0.4 is 10.3 Å². The first-order valence-corrected chi connectivity index (χ1v) is 13.4. The maximum Gasteiger partial charge on any atom is 0.256 e. The minimum atomic E-state index is -2.03. The smallest absolute Gasteiger partial charge is 0.256 e. The molecule has 1 aliphatic rings. The van der Waals surface area contributed by atoms with Gasteiger partial charge in [0.25, 0.3) is 5.56 Å². The molecule has 3 rings (SSSR count). The van der Waals surface area contributed by atoms with Crippen LogP contribution in [0.1, 0.15) is 57.4 Å². The fourth-order valence-electron chi connectivity index (χ4n) is 3.50. The summed E-state index contributed by atoms with van der Waals surface area (Å²) in [5, 5.41) is 20.5. The third kappa shape index (κ3) is 4.33. The van der Waals surface area contributed by atoms with E-state index < -0.39 is 26.1 Å². The van der Waals surface area contributed by atoms with Crippen molar-refractivity contribution in [1.29, 1.82) is 5.26 Å². The van der Waals surface area contributed by atoms with E-state index >= 15 is 0 Å². The van der Waals surface area contributed by atoms with Gasteiger partial charge in [-0.15, -0.1) is 0 Å². The van der Waals surface area contributed by atoms with Crippen molar-refractivity contribution in [2.45, 2.75) is 77.1 Å². The Morgan fingerprint density at radius 1 is 1.29 bits per heavy atom. The normalized spacial score (nSPS) is 20.5. The van der Waals surface area contributed by atoms with Gasteiger partial charge in [0.2, 0.25) is 0 Å². The average Bonchev–Trinajstić information content (AvgIpc) is 2.67. The van der Waals surface area contributed by atoms with E-state index in [2.05, 4.69) is 39.9 Å². The lowest BCUT2D eigenvalue weighted by atomic mass is 9.85. The summed E-state index contributed by atoms with van der Waals surface area (Å²) in [6.07, 6.45) is 0.694. The van der Waals surface area contributed by atoms with Crippen molar-refractivity contribution in [1.82, 2.24) is 4.57 Å². The van der Waals surface area contributed by atoms with Crippen LogP contribution in [0, 0.1) is 11.3 Å². The van der Waals surface area contributed by atoms with Gasteiger partial charge in [0, 0.05) is 17.3 Å². The number of hydrogen-bond donors (Lipinski definition) is 1. The third-order valence-corrected chi connectivity index (χ3v) is 11.1. The van der Waals surface area contributed by atoms with E-state index in [-0.39, 0.29) is 17.2 Å². The number of fused-ring (bicyclic) bond motifs is 1. The van der Waals surface area contributed by atoms with Crippen molar-refractivity contribution in [3.05, 3.63) is 63.6 Å². The molecule has 0 spiro atoms. The lowest BCUT2D eigenvalue weighted by molar-refractivity contribution is -0.0643. The maximum absolute atomic E-state index is 13.4. The second kappa shape index (κ2) is 7.94. The molecule has 31 heavy (non-hydrogen) atoms. The number of aromatic nitrogens is 1. The summed E-state index contributed by atoms with van der Waals surface area (Å²) in [4.78, 5) is 13.4. The summed E-state index contributed by atoms with van der Waals surface area (Å²) in [5.41, 5.74) is 0.497. The number of ether oxygens (including phenoxy) is 1. The largest absolute Gasteiger partial charge is 0.485 e. The molecule has 1 aromatic carbocycles. The minimum Gasteiger partial charge on any atom is -0.485 e. The first-order chi connectivity index (χ1) is 14.3. The summed E-state index contributed by atoms with van der Waals surface area (Å²) < 4.78 is 13.8. The van der Waals surface area contributed by atoms with Crippen molar-refractivity contribution in [3.8, 4) is 11.8 Å². The van der Waals surface area contributed by atoms with E-state index in [1.165, 1.54) is 0 Å². The summed E-state index contributed by atoms with van der Waals surface area (Å²) in [6.45, 7) is 14.6. The van der Waals surface area contributed by atoms with Crippen LogP contribution in [-0.2, 0) is 11.0 Å². The highest BCUT2D eigenvalue weighted by Gasteiger charge is 2.44. The number of pyridine rings is 1. The van der Waals surface area contributed by atoms with Crippen LogP contribution in [0.2, 0.25) is 18.1 Å². The van der Waals surface area contributed by atoms with Gasteiger partial charge >= 0.3 is 0 Å². The Labute approximate surface area is 185 Å². The number of nitriles is 1. The molecule has 1 N–H and O–H groups in total. The number of aliphatic hydroxyl groups is 1. The van der Waals surface area contributed by atoms with Gasteiger partial charge in [0.1, 0.15) is 17.5 Å². The predicted molar refractivity (Wildman–Crippen MR) is 123 cm³/mol. The Hall–Kier alpha value is -2.40. The number of hydrogen-bond acceptors (Lipinski definition) is 5. The molecule has 0 amide bonds. The molecule has 0 saturated heterocycles. The van der Waals surface area contributed by atoms with Gasteiger partial charge in [-0.2, -0.15) is 5.26 Å². The fraction of sp³-hybridized carbons (Fsp3) is 0.500. The SMILES string of the molecule is CC1(C)Oc2ccc(C#N)cc2[C@@H](n2cccc(CO[Si](C)(C)C(C)(C)C)c2=O)[C@@H]1O. The molecule has 166 valence electrons. The molecule has 2 aromatic rings. The first-order valence-electron chi connectivity index (χ1n) is 10.5. The second-order valence-corrected chi connectivity index (χ2v) is 15.1. The number of rotatable bonds is 4. The van der Waals surface area contributed by atoms with Gasteiger partial charge in [-0.05, 0) is 62.3 Å². The van der Waals surface area contributed by atoms with Crippen LogP contribution in [0.4, 0.5) is 0 Å². The molecule has 0 fully saturated rings. The fourth-order valence-corrected chi connectivity index (χ4v) is 4.45. The molecule has 6 nitrogen and oxygen atoms in total. The Morgan fingerprint density at radius 3 is 2.58 bits per heavy atom. The number of benzene rings is 1. The average molecular weight is 441 g/mol. The zero-order valence-electron chi connectivity index (χ0n) is 19.4. The molecule has 1 aliphatic heterocycles. The number of aliphatic hydroxyl groups excluding tert-OH is 1. The monoisotopic (exact) mass is 440 g/mol. The van der Waals surface area contributed by atoms with Crippen LogP contribution in [-0.4, -0.2) is 29.7 Å². The zero-order chi connectivity index (χ0) is 23.2. The highest BCUT2D eigenvalue weighted by molar-refractivity contribution is 6.74. The Morgan fingerprint density at radius 2 is 1.97 bits per heavy atom. The Kier molecular flexibility index (Phi) is 5.96. The standard InChI is InChI=1S/C24H32N2O4Si/c1-23(2,3)31(6,7)29-15-17-9-8-12-26(22(17)28)20-18-13-16(14-25)10-11-19(18)30-24(4,5)21(20)27/h8-13,20-21,27H,15H2,1-7H3/t20-,21+/m1/s1. The first kappa shape index (κ1) is 23.3. The quantitative estimate of drug-likeness (QED) is 0.714. The van der Waals surface area contributed by atoms with Crippen molar-refractivity contribution in [2.24, 2.45) is 0 Å². The molecular weight excluding hydrogens is 408 g/mol. The molecule has 0 unspecified atom stereocenters. The molecular formula is C24H32N2O4Si. The van der Waals surface area contributed by atoms with Crippen molar-refractivity contribution < 1.29 is 14.3 Å². The summed E-state index contributed by atoms with van der Waals surface area (Å²) >= 11 is 0. The van der Waals surface area contributed by atoms with Crippen LogP contribution >= 0.6 is 0 Å². The molecule has 0 radical (unpaired) electrons. The van der Waals surface area contributed by atoms with Gasteiger partial charge in [-0.3, -0.25) is 4.79 Å². The van der Waals surface area contributed by atoms with Gasteiger partial charge in [0.15, 0.2) is 8.32 Å². The minimum absolute atomic E-state index is 0.0361. The molecule has 0 aliphatic carbocycles. The molecule has 0 bridgehead atoms. The van der Waals surface area contributed by atoms with Gasteiger partial charge in [0.05, 0.1) is 24.3 Å². The highest BCUT2D eigenvalue weighted by Crippen LogP contribution is 2.42. The maximum atomic E-state index is 13.4. The molecule has 7 heteroatoms. The van der Waals surface area contributed by atoms with Crippen molar-refractivity contribution in [2.75, 3.05) is 0 Å². The van der Waals surface area contributed by atoms with E-state index in [0.717, 1.165) is 0 Å². The van der Waals surface area contributed by atoms with Crippen molar-refractivity contribution in [3.63, 3.8) is 0 Å². The zero-order valence-corrected chi connectivity index (χ0v) is 20.4. The second-order valence-electron chi connectivity index (χ2n) is 10.3. The van der Waals surface area contributed by atoms with Crippen molar-refractivity contribution >= 4 is 8.32 Å². The van der Waals surface area contributed by atoms with Crippen LogP contribution in [0.5, 0.6) is 5.75 Å². The van der Waals surface area contributed by atoms with E-state index in [1.807, 2.05) is 0 Å². The molecule has 2 heterocycles. The van der Waals surface area contributed by atoms with Crippen LogP contribution in [0.15, 0.2) is 41.3 Å². The molecule has 1 aromatic heterocycles. The van der Waals surface area contributed by atoms with Gasteiger partial charge < -0.3 is 18.8 Å².